The first-order valence-electron chi connectivity index (χ1n) is 12.2. The molecule has 4 aromatic rings. The molecule has 0 heterocycles. The van der Waals surface area contributed by atoms with Crippen molar-refractivity contribution in [3.8, 4) is 11.5 Å². The number of esters is 1. The number of sulfonamides is 1. The van der Waals surface area contributed by atoms with Crippen LogP contribution in [0.25, 0.3) is 0 Å². The van der Waals surface area contributed by atoms with E-state index in [0.717, 1.165) is 5.56 Å². The Morgan fingerprint density at radius 2 is 1.48 bits per heavy atom. The molecule has 0 aliphatic heterocycles. The molecule has 4 aromatic carbocycles. The molecule has 4 rings (SSSR count). The average Bonchev–Trinajstić information content (AvgIpc) is 2.97. The third kappa shape index (κ3) is 6.91. The summed E-state index contributed by atoms with van der Waals surface area (Å²) in [6.07, 6.45) is 1.42. The number of rotatable bonds is 10. The van der Waals surface area contributed by atoms with E-state index < -0.39 is 21.9 Å². The van der Waals surface area contributed by atoms with Gasteiger partial charge in [-0.2, -0.15) is 5.10 Å². The van der Waals surface area contributed by atoms with E-state index >= 15 is 0 Å². The first kappa shape index (κ1) is 28.1. The van der Waals surface area contributed by atoms with Crippen molar-refractivity contribution in [2.45, 2.75) is 18.4 Å². The Bertz CT molecular complexity index is 1600. The molecule has 9 nitrogen and oxygen atoms in total. The highest BCUT2D eigenvalue weighted by Crippen LogP contribution is 2.30. The zero-order valence-corrected chi connectivity index (χ0v) is 22.7. The molecule has 0 aliphatic carbocycles. The van der Waals surface area contributed by atoms with Crippen LogP contribution in [-0.2, 0) is 21.4 Å². The van der Waals surface area contributed by atoms with Crippen molar-refractivity contribution in [1.82, 2.24) is 5.43 Å². The number of hydrogen-bond donors (Lipinski definition) is 1. The van der Waals surface area contributed by atoms with Crippen molar-refractivity contribution < 1.29 is 27.5 Å². The number of nitrogens with one attached hydrogen (secondary N) is 1. The van der Waals surface area contributed by atoms with Gasteiger partial charge in [0.05, 0.1) is 36.0 Å². The van der Waals surface area contributed by atoms with Gasteiger partial charge in [0.15, 0.2) is 0 Å². The van der Waals surface area contributed by atoms with Crippen LogP contribution in [0.5, 0.6) is 11.5 Å². The summed E-state index contributed by atoms with van der Waals surface area (Å²) in [7, 11) is -2.59. The smallest absolute Gasteiger partial charge is 0.308 e. The van der Waals surface area contributed by atoms with Crippen molar-refractivity contribution in [3.63, 3.8) is 0 Å². The number of hydrazone groups is 1. The molecule has 0 aliphatic rings. The third-order valence-corrected chi connectivity index (χ3v) is 7.53. The zero-order valence-electron chi connectivity index (χ0n) is 21.9. The minimum atomic E-state index is -4.09. The summed E-state index contributed by atoms with van der Waals surface area (Å²) >= 11 is 0. The fraction of sp³-hybridized carbons (Fsp3) is 0.100. The molecule has 0 atom stereocenters. The van der Waals surface area contributed by atoms with Gasteiger partial charge in [-0.1, -0.05) is 42.5 Å². The first-order chi connectivity index (χ1) is 19.3. The van der Waals surface area contributed by atoms with Gasteiger partial charge in [0.2, 0.25) is 0 Å². The van der Waals surface area contributed by atoms with Gasteiger partial charge < -0.3 is 9.47 Å². The molecular weight excluding hydrogens is 530 g/mol. The maximum absolute atomic E-state index is 13.9. The normalized spacial score (nSPS) is 11.2. The summed E-state index contributed by atoms with van der Waals surface area (Å²) < 4.78 is 39.2. The molecule has 40 heavy (non-hydrogen) atoms. The Kier molecular flexibility index (Phi) is 8.93. The third-order valence-electron chi connectivity index (χ3n) is 5.76. The number of nitrogens with zero attached hydrogens (tertiary/aromatic N) is 2. The molecule has 0 spiro atoms. The predicted molar refractivity (Wildman–Crippen MR) is 152 cm³/mol. The summed E-state index contributed by atoms with van der Waals surface area (Å²) in [6.45, 7) is 1.31. The predicted octanol–water partition coefficient (Wildman–Crippen LogP) is 4.78. The first-order valence-corrected chi connectivity index (χ1v) is 13.6. The molecule has 0 saturated heterocycles. The molecule has 0 bridgehead atoms. The van der Waals surface area contributed by atoms with Crippen molar-refractivity contribution in [2.75, 3.05) is 11.4 Å². The molecule has 1 amide bonds. The van der Waals surface area contributed by atoms with Crippen LogP contribution in [0.3, 0.4) is 0 Å². The number of benzene rings is 4. The Balaban J connectivity index is 1.63. The maximum atomic E-state index is 13.9. The molecule has 0 unspecified atom stereocenters. The highest BCUT2D eigenvalue weighted by Gasteiger charge is 2.28. The van der Waals surface area contributed by atoms with Crippen LogP contribution in [0.4, 0.5) is 5.69 Å². The Labute approximate surface area is 232 Å². The van der Waals surface area contributed by atoms with Crippen molar-refractivity contribution in [2.24, 2.45) is 5.10 Å². The SMILES string of the molecule is COc1ccc(S(=O)(=O)N(Cc2ccccc2)c2ccccc2C(=O)N/N=C/c2ccc(OC(C)=O)cc2)cc1. The number of methoxy groups -OCH3 is 1. The van der Waals surface area contributed by atoms with Gasteiger partial charge in [0.1, 0.15) is 11.5 Å². The van der Waals surface area contributed by atoms with Gasteiger partial charge in [0, 0.05) is 6.92 Å². The fourth-order valence-electron chi connectivity index (χ4n) is 3.82. The molecule has 1 N–H and O–H groups in total. The summed E-state index contributed by atoms with van der Waals surface area (Å²) in [5.74, 6) is -0.111. The molecule has 0 aromatic heterocycles. The van der Waals surface area contributed by atoms with Gasteiger partial charge >= 0.3 is 5.97 Å². The number of amides is 1. The minimum Gasteiger partial charge on any atom is -0.497 e. The van der Waals surface area contributed by atoms with Crippen LogP contribution in [0.1, 0.15) is 28.4 Å². The number of carbonyl (C=O) groups is 2. The lowest BCUT2D eigenvalue weighted by atomic mass is 10.1. The molecule has 0 saturated carbocycles. The van der Waals surface area contributed by atoms with Crippen LogP contribution in [0.15, 0.2) is 113 Å². The van der Waals surface area contributed by atoms with Crippen LogP contribution in [0.2, 0.25) is 0 Å². The molecule has 10 heteroatoms. The van der Waals surface area contributed by atoms with E-state index in [4.69, 9.17) is 9.47 Å². The van der Waals surface area contributed by atoms with Gasteiger partial charge in [-0.3, -0.25) is 13.9 Å². The monoisotopic (exact) mass is 557 g/mol. The second kappa shape index (κ2) is 12.7. The minimum absolute atomic E-state index is 0.00253. The van der Waals surface area contributed by atoms with E-state index in [1.54, 1.807) is 54.6 Å². The average molecular weight is 558 g/mol. The van der Waals surface area contributed by atoms with Crippen LogP contribution in [0, 0.1) is 0 Å². The number of carbonyl (C=O) groups excluding carboxylic acids is 2. The lowest BCUT2D eigenvalue weighted by molar-refractivity contribution is -0.131. The van der Waals surface area contributed by atoms with Gasteiger partial charge in [-0.25, -0.2) is 13.8 Å². The Hall–Kier alpha value is -4.96. The van der Waals surface area contributed by atoms with Gasteiger partial charge in [-0.15, -0.1) is 0 Å². The van der Waals surface area contributed by atoms with Crippen molar-refractivity contribution >= 4 is 33.8 Å². The Morgan fingerprint density at radius 1 is 0.850 bits per heavy atom. The summed E-state index contributed by atoms with van der Waals surface area (Å²) in [5.41, 5.74) is 4.18. The van der Waals surface area contributed by atoms with Crippen molar-refractivity contribution in [1.29, 1.82) is 0 Å². The molecular formula is C30H27N3O6S. The summed E-state index contributed by atoms with van der Waals surface area (Å²) in [4.78, 5) is 24.3. The number of hydrogen-bond acceptors (Lipinski definition) is 7. The van der Waals surface area contributed by atoms with Gasteiger partial charge in [0.25, 0.3) is 15.9 Å². The maximum Gasteiger partial charge on any atom is 0.308 e. The second-order valence-electron chi connectivity index (χ2n) is 8.55. The molecule has 0 radical (unpaired) electrons. The van der Waals surface area contributed by atoms with E-state index in [0.29, 0.717) is 17.1 Å². The lowest BCUT2D eigenvalue weighted by Crippen LogP contribution is -2.33. The number of anilines is 1. The molecule has 0 fully saturated rings. The number of ether oxygens (including phenoxy) is 2. The standard InChI is InChI=1S/C30H27N3O6S/c1-22(34)39-26-14-12-23(13-15-26)20-31-32-30(35)28-10-6-7-11-29(28)33(21-24-8-4-3-5-9-24)40(36,37)27-18-16-25(38-2)17-19-27/h3-20H,21H2,1-2H3,(H,32,35)/b31-20+. The second-order valence-corrected chi connectivity index (χ2v) is 10.4. The van der Waals surface area contributed by atoms with E-state index in [-0.39, 0.29) is 22.7 Å². The summed E-state index contributed by atoms with van der Waals surface area (Å²) in [5, 5.41) is 4.02. The largest absolute Gasteiger partial charge is 0.497 e. The van der Waals surface area contributed by atoms with E-state index in [9.17, 15) is 18.0 Å². The fourth-order valence-corrected chi connectivity index (χ4v) is 5.29. The van der Waals surface area contributed by atoms with E-state index in [2.05, 4.69) is 10.5 Å². The van der Waals surface area contributed by atoms with E-state index in [1.807, 2.05) is 30.3 Å². The van der Waals surface area contributed by atoms with Gasteiger partial charge in [-0.05, 0) is 71.8 Å². The van der Waals surface area contributed by atoms with Crippen LogP contribution in [-0.4, -0.2) is 33.6 Å². The topological polar surface area (TPSA) is 114 Å². The highest BCUT2D eigenvalue weighted by molar-refractivity contribution is 7.92. The quantitative estimate of drug-likeness (QED) is 0.130. The van der Waals surface area contributed by atoms with Crippen LogP contribution >= 0.6 is 0 Å². The number of para-hydroxylation sites is 1. The summed E-state index contributed by atoms with van der Waals surface area (Å²) in [6, 6.07) is 28.2. The highest BCUT2D eigenvalue weighted by atomic mass is 32.2. The Morgan fingerprint density at radius 3 is 2.12 bits per heavy atom. The van der Waals surface area contributed by atoms with Crippen molar-refractivity contribution in [3.05, 3.63) is 120 Å². The lowest BCUT2D eigenvalue weighted by Gasteiger charge is -2.26. The van der Waals surface area contributed by atoms with Crippen LogP contribution < -0.4 is 19.2 Å². The molecule has 204 valence electrons. The zero-order chi connectivity index (χ0) is 28.5. The van der Waals surface area contributed by atoms with E-state index in [1.165, 1.54) is 42.8 Å².